The lowest BCUT2D eigenvalue weighted by molar-refractivity contribution is -0.384. The van der Waals surface area contributed by atoms with E-state index in [1.54, 1.807) is 0 Å². The van der Waals surface area contributed by atoms with Gasteiger partial charge in [0, 0.05) is 40.7 Å². The van der Waals surface area contributed by atoms with E-state index in [2.05, 4.69) is 30.5 Å². The Morgan fingerprint density at radius 3 is 2.56 bits per heavy atom. The third kappa shape index (κ3) is 3.85. The van der Waals surface area contributed by atoms with Crippen LogP contribution < -0.4 is 10.6 Å². The molecular weight excluding hydrogens is 318 g/mol. The van der Waals surface area contributed by atoms with Gasteiger partial charge in [-0.1, -0.05) is 24.3 Å². The van der Waals surface area contributed by atoms with Gasteiger partial charge in [0.25, 0.3) is 5.69 Å². The summed E-state index contributed by atoms with van der Waals surface area (Å²) in [6.07, 6.45) is 2.41. The van der Waals surface area contributed by atoms with Crippen molar-refractivity contribution in [3.8, 4) is 0 Å². The maximum atomic E-state index is 12.4. The van der Waals surface area contributed by atoms with Gasteiger partial charge in [-0.3, -0.25) is 14.9 Å². The predicted octanol–water partition coefficient (Wildman–Crippen LogP) is 3.50. The third-order valence-corrected chi connectivity index (χ3v) is 4.03. The van der Waals surface area contributed by atoms with Gasteiger partial charge in [0.2, 0.25) is 5.91 Å². The number of nitrogens with zero attached hydrogens (tertiary/aromatic N) is 1. The fourth-order valence-electron chi connectivity index (χ4n) is 2.98. The van der Waals surface area contributed by atoms with Gasteiger partial charge in [-0.25, -0.2) is 0 Å². The maximum Gasteiger partial charge on any atom is 0.269 e. The first-order valence-corrected chi connectivity index (χ1v) is 7.98. The molecule has 0 aromatic heterocycles. The molecule has 1 aliphatic rings. The Kier molecular flexibility index (Phi) is 4.27. The summed E-state index contributed by atoms with van der Waals surface area (Å²) in [5, 5.41) is 16.8. The Morgan fingerprint density at radius 2 is 1.88 bits per heavy atom. The summed E-state index contributed by atoms with van der Waals surface area (Å²) < 4.78 is 0. The molecule has 0 fully saturated rings. The zero-order chi connectivity index (χ0) is 18.0. The average molecular weight is 337 g/mol. The molecule has 2 aromatic rings. The summed E-state index contributed by atoms with van der Waals surface area (Å²) in [7, 11) is 0. The van der Waals surface area contributed by atoms with Crippen molar-refractivity contribution in [2.75, 3.05) is 5.32 Å². The highest BCUT2D eigenvalue weighted by Crippen LogP contribution is 2.29. The summed E-state index contributed by atoms with van der Waals surface area (Å²) >= 11 is 0. The van der Waals surface area contributed by atoms with E-state index in [1.165, 1.54) is 35.9 Å². The molecule has 3 rings (SSSR count). The minimum absolute atomic E-state index is 0.0130. The van der Waals surface area contributed by atoms with E-state index in [0.29, 0.717) is 5.69 Å². The van der Waals surface area contributed by atoms with Crippen LogP contribution in [0, 0.1) is 10.1 Å². The first-order valence-electron chi connectivity index (χ1n) is 7.98. The Labute approximate surface area is 145 Å². The zero-order valence-corrected chi connectivity index (χ0v) is 14.1. The monoisotopic (exact) mass is 337 g/mol. The van der Waals surface area contributed by atoms with Crippen molar-refractivity contribution in [1.29, 1.82) is 0 Å². The van der Waals surface area contributed by atoms with E-state index in [4.69, 9.17) is 0 Å². The molecule has 0 atom stereocenters. The number of anilines is 1. The second-order valence-corrected chi connectivity index (χ2v) is 6.69. The normalized spacial score (nSPS) is 16.6. The average Bonchev–Trinajstić information content (AvgIpc) is 2.54. The molecule has 6 nitrogen and oxygen atoms in total. The lowest BCUT2D eigenvalue weighted by Gasteiger charge is -2.35. The molecule has 1 amide bonds. The lowest BCUT2D eigenvalue weighted by Crippen LogP contribution is -2.44. The summed E-state index contributed by atoms with van der Waals surface area (Å²) in [6.45, 7) is 4.18. The largest absolute Gasteiger partial charge is 0.379 e. The van der Waals surface area contributed by atoms with Crippen molar-refractivity contribution in [2.24, 2.45) is 0 Å². The fraction of sp³-hybridized carbons (Fsp3) is 0.211. The summed E-state index contributed by atoms with van der Waals surface area (Å²) in [5.41, 5.74) is 3.33. The van der Waals surface area contributed by atoms with E-state index in [1.807, 2.05) is 18.2 Å². The lowest BCUT2D eigenvalue weighted by atomic mass is 9.86. The molecule has 128 valence electrons. The van der Waals surface area contributed by atoms with Crippen molar-refractivity contribution in [1.82, 2.24) is 5.32 Å². The van der Waals surface area contributed by atoms with Gasteiger partial charge in [0.15, 0.2) is 0 Å². The van der Waals surface area contributed by atoms with Crippen LogP contribution in [-0.2, 0) is 11.2 Å². The van der Waals surface area contributed by atoms with Gasteiger partial charge in [-0.15, -0.1) is 0 Å². The molecule has 2 N–H and O–H groups in total. The number of benzene rings is 2. The summed E-state index contributed by atoms with van der Waals surface area (Å²) in [6, 6.07) is 13.7. The zero-order valence-electron chi connectivity index (χ0n) is 14.1. The second-order valence-electron chi connectivity index (χ2n) is 6.69. The number of nitro benzene ring substituents is 1. The van der Waals surface area contributed by atoms with Gasteiger partial charge in [-0.2, -0.15) is 0 Å². The number of hydrogen-bond acceptors (Lipinski definition) is 4. The van der Waals surface area contributed by atoms with Crippen molar-refractivity contribution < 1.29 is 9.72 Å². The number of carbonyl (C=O) groups excluding carboxylic acids is 1. The second kappa shape index (κ2) is 6.39. The molecule has 1 heterocycles. The van der Waals surface area contributed by atoms with Crippen LogP contribution in [0.1, 0.15) is 25.0 Å². The number of rotatable bonds is 3. The van der Waals surface area contributed by atoms with Crippen molar-refractivity contribution in [3.05, 3.63) is 75.8 Å². The quantitative estimate of drug-likeness (QED) is 0.510. The molecule has 0 saturated carbocycles. The first kappa shape index (κ1) is 16.7. The van der Waals surface area contributed by atoms with E-state index in [-0.39, 0.29) is 17.1 Å². The highest BCUT2D eigenvalue weighted by Gasteiger charge is 2.27. The van der Waals surface area contributed by atoms with Gasteiger partial charge in [0.05, 0.1) is 4.92 Å². The van der Waals surface area contributed by atoms with Gasteiger partial charge >= 0.3 is 0 Å². The molecule has 2 aromatic carbocycles. The van der Waals surface area contributed by atoms with E-state index < -0.39 is 4.92 Å². The SMILES string of the molecule is CC1(C)Cc2ccccc2C(=CC(=O)Nc2ccc([N+](=O)[O-])cc2)N1. The predicted molar refractivity (Wildman–Crippen MR) is 97.1 cm³/mol. The molecule has 6 heteroatoms. The van der Waals surface area contributed by atoms with Crippen LogP contribution in [0.3, 0.4) is 0 Å². The molecule has 1 aliphatic heterocycles. The Hall–Kier alpha value is -3.15. The van der Waals surface area contributed by atoms with E-state index in [0.717, 1.165) is 17.7 Å². The fourth-order valence-corrected chi connectivity index (χ4v) is 2.98. The Bertz CT molecular complexity index is 854. The number of nitrogens with one attached hydrogen (secondary N) is 2. The number of nitro groups is 1. The molecule has 0 spiro atoms. The van der Waals surface area contributed by atoms with Crippen molar-refractivity contribution in [3.63, 3.8) is 0 Å². The van der Waals surface area contributed by atoms with Crippen LogP contribution in [0.15, 0.2) is 54.6 Å². The third-order valence-electron chi connectivity index (χ3n) is 4.03. The number of non-ortho nitro benzene ring substituents is 1. The number of hydrogen-bond donors (Lipinski definition) is 2. The first-order chi connectivity index (χ1) is 11.8. The molecule has 0 aliphatic carbocycles. The minimum atomic E-state index is -0.474. The van der Waals surface area contributed by atoms with Gasteiger partial charge < -0.3 is 10.6 Å². The van der Waals surface area contributed by atoms with E-state index in [9.17, 15) is 14.9 Å². The summed E-state index contributed by atoms with van der Waals surface area (Å²) in [5.74, 6) is -0.288. The molecule has 25 heavy (non-hydrogen) atoms. The van der Waals surface area contributed by atoms with Crippen LogP contribution >= 0.6 is 0 Å². The van der Waals surface area contributed by atoms with Crippen LogP contribution in [0.25, 0.3) is 5.70 Å². The number of amides is 1. The maximum absolute atomic E-state index is 12.4. The topological polar surface area (TPSA) is 84.3 Å². The Morgan fingerprint density at radius 1 is 1.20 bits per heavy atom. The number of carbonyl (C=O) groups is 1. The van der Waals surface area contributed by atoms with Crippen molar-refractivity contribution in [2.45, 2.75) is 25.8 Å². The molecule has 0 saturated heterocycles. The van der Waals surface area contributed by atoms with Crippen molar-refractivity contribution >= 4 is 23.0 Å². The van der Waals surface area contributed by atoms with E-state index >= 15 is 0 Å². The van der Waals surface area contributed by atoms with Gasteiger partial charge in [0.1, 0.15) is 0 Å². The molecular formula is C19H19N3O3. The van der Waals surface area contributed by atoms with Crippen LogP contribution in [0.4, 0.5) is 11.4 Å². The highest BCUT2D eigenvalue weighted by molar-refractivity contribution is 6.04. The highest BCUT2D eigenvalue weighted by atomic mass is 16.6. The molecule has 0 bridgehead atoms. The van der Waals surface area contributed by atoms with Crippen LogP contribution in [0.2, 0.25) is 0 Å². The molecule has 0 unspecified atom stereocenters. The standard InChI is InChI=1S/C19H19N3O3/c1-19(2)12-13-5-3-4-6-16(13)17(21-19)11-18(23)20-14-7-9-15(10-8-14)22(24)25/h3-11,21H,12H2,1-2H3,(H,20,23). The Balaban J connectivity index is 1.82. The molecule has 0 radical (unpaired) electrons. The summed E-state index contributed by atoms with van der Waals surface area (Å²) in [4.78, 5) is 22.6. The van der Waals surface area contributed by atoms with Crippen LogP contribution in [-0.4, -0.2) is 16.4 Å². The smallest absolute Gasteiger partial charge is 0.269 e. The van der Waals surface area contributed by atoms with Crippen LogP contribution in [0.5, 0.6) is 0 Å². The van der Waals surface area contributed by atoms with Gasteiger partial charge in [-0.05, 0) is 38.0 Å². The number of fused-ring (bicyclic) bond motifs is 1. The minimum Gasteiger partial charge on any atom is -0.379 e.